The maximum Gasteiger partial charge on any atom is 0.323 e. The second-order valence-electron chi connectivity index (χ2n) is 5.70. The monoisotopic (exact) mass is 304 g/mol. The van der Waals surface area contributed by atoms with Crippen LogP contribution < -0.4 is 10.6 Å². The Labute approximate surface area is 129 Å². The number of benzene rings is 1. The lowest BCUT2D eigenvalue weighted by atomic mass is 10.00. The van der Waals surface area contributed by atoms with Crippen molar-refractivity contribution in [1.82, 2.24) is 5.32 Å². The van der Waals surface area contributed by atoms with Gasteiger partial charge in [0, 0.05) is 12.0 Å². The first-order valence-electron chi connectivity index (χ1n) is 7.23. The van der Waals surface area contributed by atoms with E-state index >= 15 is 0 Å². The number of carbonyl (C=O) groups excluding carboxylic acids is 3. The molecule has 1 aromatic rings. The van der Waals surface area contributed by atoms with Crippen molar-refractivity contribution in [3.05, 3.63) is 29.8 Å². The molecule has 1 aliphatic rings. The Kier molecular flexibility index (Phi) is 4.61. The average Bonchev–Trinajstić information content (AvgIpc) is 2.49. The molecule has 2 rings (SSSR count). The van der Waals surface area contributed by atoms with Crippen molar-refractivity contribution >= 4 is 23.3 Å². The number of fused-ring (bicyclic) bond motifs is 1. The summed E-state index contributed by atoms with van der Waals surface area (Å²) in [4.78, 5) is 36.9. The molecule has 118 valence electrons. The molecule has 1 aliphatic heterocycles. The highest BCUT2D eigenvalue weighted by atomic mass is 16.5. The summed E-state index contributed by atoms with van der Waals surface area (Å²) in [6.07, 6.45) is -0.0613. The molecule has 6 nitrogen and oxygen atoms in total. The van der Waals surface area contributed by atoms with Gasteiger partial charge in [0.25, 0.3) is 0 Å². The van der Waals surface area contributed by atoms with Gasteiger partial charge in [0.15, 0.2) is 5.78 Å². The fraction of sp³-hybridized carbons (Fsp3) is 0.438. The summed E-state index contributed by atoms with van der Waals surface area (Å²) in [5.74, 6) is -1.07. The molecule has 1 atom stereocenters. The van der Waals surface area contributed by atoms with Gasteiger partial charge in [-0.3, -0.25) is 19.7 Å². The number of hydrogen-bond acceptors (Lipinski definition) is 5. The highest BCUT2D eigenvalue weighted by Crippen LogP contribution is 2.22. The van der Waals surface area contributed by atoms with Gasteiger partial charge in [-0.2, -0.15) is 0 Å². The number of Topliss-reactive ketones (excluding diaryl/α,β-unsaturated/α-hetero) is 1. The summed E-state index contributed by atoms with van der Waals surface area (Å²) in [5.41, 5.74) is -0.170. The normalized spacial score (nSPS) is 21.0. The lowest BCUT2D eigenvalue weighted by Gasteiger charge is -2.28. The average molecular weight is 304 g/mol. The highest BCUT2D eigenvalue weighted by Gasteiger charge is 2.37. The lowest BCUT2D eigenvalue weighted by molar-refractivity contribution is -0.146. The number of amides is 1. The molecule has 0 fully saturated rings. The van der Waals surface area contributed by atoms with E-state index in [1.54, 1.807) is 45.0 Å². The molecule has 1 heterocycles. The van der Waals surface area contributed by atoms with E-state index in [9.17, 15) is 14.4 Å². The third kappa shape index (κ3) is 3.33. The standard InChI is InChI=1S/C16H20N2O4/c1-4-22-14(20)12-9-13(19)10-7-5-6-8-11(10)17-15(21)16(2,3)18-12/h5-8,12,18H,4,9H2,1-3H3,(H,17,21). The van der Waals surface area contributed by atoms with Crippen molar-refractivity contribution in [1.29, 1.82) is 0 Å². The zero-order valence-electron chi connectivity index (χ0n) is 12.9. The number of anilines is 1. The van der Waals surface area contributed by atoms with E-state index in [1.165, 1.54) is 0 Å². The molecule has 0 spiro atoms. The third-order valence-corrected chi connectivity index (χ3v) is 3.54. The third-order valence-electron chi connectivity index (χ3n) is 3.54. The molecule has 22 heavy (non-hydrogen) atoms. The maximum absolute atomic E-state index is 12.4. The Balaban J connectivity index is 2.42. The second-order valence-corrected chi connectivity index (χ2v) is 5.70. The molecule has 0 saturated heterocycles. The zero-order chi connectivity index (χ0) is 16.3. The van der Waals surface area contributed by atoms with Crippen LogP contribution in [0.2, 0.25) is 0 Å². The topological polar surface area (TPSA) is 84.5 Å². The van der Waals surface area contributed by atoms with E-state index in [2.05, 4.69) is 10.6 Å². The number of hydrogen-bond donors (Lipinski definition) is 2. The smallest absolute Gasteiger partial charge is 0.323 e. The van der Waals surface area contributed by atoms with Crippen molar-refractivity contribution < 1.29 is 19.1 Å². The van der Waals surface area contributed by atoms with E-state index in [4.69, 9.17) is 4.74 Å². The van der Waals surface area contributed by atoms with Gasteiger partial charge in [-0.05, 0) is 32.9 Å². The molecule has 0 radical (unpaired) electrons. The van der Waals surface area contributed by atoms with Crippen LogP contribution in [0.15, 0.2) is 24.3 Å². The van der Waals surface area contributed by atoms with Crippen LogP contribution in [0.3, 0.4) is 0 Å². The molecule has 0 aromatic heterocycles. The van der Waals surface area contributed by atoms with Crippen LogP contribution >= 0.6 is 0 Å². The fourth-order valence-corrected chi connectivity index (χ4v) is 2.35. The number of ketones is 1. The molecule has 0 bridgehead atoms. The van der Waals surface area contributed by atoms with Crippen LogP contribution in [0, 0.1) is 0 Å². The van der Waals surface area contributed by atoms with Crippen LogP contribution in [0.4, 0.5) is 5.69 Å². The maximum atomic E-state index is 12.4. The minimum atomic E-state index is -1.02. The van der Waals surface area contributed by atoms with Crippen LogP contribution in [0.5, 0.6) is 0 Å². The summed E-state index contributed by atoms with van der Waals surface area (Å²) in [6, 6.07) is 5.91. The van der Waals surface area contributed by atoms with Crippen molar-refractivity contribution in [3.8, 4) is 0 Å². The predicted molar refractivity (Wildman–Crippen MR) is 81.7 cm³/mol. The van der Waals surface area contributed by atoms with Crippen LogP contribution in [0.25, 0.3) is 0 Å². The highest BCUT2D eigenvalue weighted by molar-refractivity contribution is 6.08. The summed E-state index contributed by atoms with van der Waals surface area (Å²) < 4.78 is 5.00. The molecular weight excluding hydrogens is 284 g/mol. The van der Waals surface area contributed by atoms with Gasteiger partial charge in [-0.25, -0.2) is 0 Å². The molecule has 0 saturated carbocycles. The molecule has 6 heteroatoms. The Morgan fingerprint density at radius 3 is 2.68 bits per heavy atom. The number of ether oxygens (including phenoxy) is 1. The number of esters is 1. The first-order chi connectivity index (χ1) is 10.3. The summed E-state index contributed by atoms with van der Waals surface area (Å²) in [5, 5.41) is 5.67. The van der Waals surface area contributed by atoms with Crippen molar-refractivity contribution in [3.63, 3.8) is 0 Å². The Morgan fingerprint density at radius 2 is 2.00 bits per heavy atom. The second kappa shape index (κ2) is 6.27. The molecule has 1 unspecified atom stereocenters. The quantitative estimate of drug-likeness (QED) is 0.809. The van der Waals surface area contributed by atoms with E-state index in [0.717, 1.165) is 0 Å². The first kappa shape index (κ1) is 16.2. The van der Waals surface area contributed by atoms with Gasteiger partial charge < -0.3 is 10.1 Å². The Bertz CT molecular complexity index is 610. The zero-order valence-corrected chi connectivity index (χ0v) is 12.9. The summed E-state index contributed by atoms with van der Waals surface area (Å²) >= 11 is 0. The van der Waals surface area contributed by atoms with E-state index in [-0.39, 0.29) is 24.7 Å². The SMILES string of the molecule is CCOC(=O)C1CC(=O)c2ccccc2NC(=O)C(C)(C)N1. The number of rotatable bonds is 2. The largest absolute Gasteiger partial charge is 0.465 e. The number of carbonyl (C=O) groups is 3. The van der Waals surface area contributed by atoms with Gasteiger partial charge in [0.05, 0.1) is 17.8 Å². The van der Waals surface area contributed by atoms with Gasteiger partial charge in [-0.15, -0.1) is 0 Å². The Morgan fingerprint density at radius 1 is 1.32 bits per heavy atom. The van der Waals surface area contributed by atoms with Crippen LogP contribution in [0.1, 0.15) is 37.6 Å². The van der Waals surface area contributed by atoms with Crippen LogP contribution in [-0.2, 0) is 14.3 Å². The molecule has 1 amide bonds. The molecule has 1 aromatic carbocycles. The van der Waals surface area contributed by atoms with Gasteiger partial charge in [0.1, 0.15) is 6.04 Å². The van der Waals surface area contributed by atoms with Crippen molar-refractivity contribution in [2.24, 2.45) is 0 Å². The first-order valence-corrected chi connectivity index (χ1v) is 7.23. The van der Waals surface area contributed by atoms with Gasteiger partial charge >= 0.3 is 5.97 Å². The molecule has 2 N–H and O–H groups in total. The lowest BCUT2D eigenvalue weighted by Crippen LogP contribution is -2.56. The summed E-state index contributed by atoms with van der Waals surface area (Å²) in [7, 11) is 0. The minimum Gasteiger partial charge on any atom is -0.465 e. The number of nitrogens with one attached hydrogen (secondary N) is 2. The van der Waals surface area contributed by atoms with Crippen LogP contribution in [-0.4, -0.2) is 35.8 Å². The fourth-order valence-electron chi connectivity index (χ4n) is 2.35. The van der Waals surface area contributed by atoms with Crippen molar-refractivity contribution in [2.75, 3.05) is 11.9 Å². The molecule has 0 aliphatic carbocycles. The van der Waals surface area contributed by atoms with Gasteiger partial charge in [-0.1, -0.05) is 12.1 Å². The predicted octanol–water partition coefficient (Wildman–Crippen LogP) is 1.51. The number of para-hydroxylation sites is 1. The Hall–Kier alpha value is -2.21. The van der Waals surface area contributed by atoms with E-state index < -0.39 is 17.6 Å². The van der Waals surface area contributed by atoms with E-state index in [1.807, 2.05) is 0 Å². The summed E-state index contributed by atoms with van der Waals surface area (Å²) in [6.45, 7) is 5.23. The molecular formula is C16H20N2O4. The van der Waals surface area contributed by atoms with Gasteiger partial charge in [0.2, 0.25) is 5.91 Å². The van der Waals surface area contributed by atoms with Crippen molar-refractivity contribution in [2.45, 2.75) is 38.8 Å². The minimum absolute atomic E-state index is 0.0613. The van der Waals surface area contributed by atoms with E-state index in [0.29, 0.717) is 11.3 Å².